The molecule has 0 saturated carbocycles. The van der Waals surface area contributed by atoms with Crippen LogP contribution in [0.2, 0.25) is 0 Å². The largest absolute Gasteiger partial charge is 0.299 e. The molecule has 0 aliphatic rings. The lowest BCUT2D eigenvalue weighted by molar-refractivity contribution is -0.114. The van der Waals surface area contributed by atoms with Gasteiger partial charge in [-0.3, -0.25) is 4.79 Å². The lowest BCUT2D eigenvalue weighted by atomic mass is 10.3. The molecule has 1 nitrogen and oxygen atoms in total. The molecule has 0 unspecified atom stereocenters. The maximum absolute atomic E-state index is 9.64. The Bertz CT molecular complexity index is 64.3. The molecule has 0 atom stereocenters. The Morgan fingerprint density at radius 3 is 2.50 bits per heavy atom. The molecule has 0 aromatic heterocycles. The standard InChI is InChI=1S/C5H5O/c1-3-4-5(2)6/h3H,1,4H2. The van der Waals surface area contributed by atoms with Crippen molar-refractivity contribution in [2.75, 3.05) is 0 Å². The number of carbonyl (C=O) groups excluding carboxylic acids is 1. The number of rotatable bonds is 2. The van der Waals surface area contributed by atoms with Crippen LogP contribution >= 0.6 is 0 Å². The van der Waals surface area contributed by atoms with E-state index in [2.05, 4.69) is 6.58 Å². The molecule has 3 radical (unpaired) electrons. The van der Waals surface area contributed by atoms with E-state index >= 15 is 0 Å². The van der Waals surface area contributed by atoms with Crippen LogP contribution < -0.4 is 0 Å². The number of hydrogen-bond acceptors (Lipinski definition) is 1. The minimum absolute atomic E-state index is 0.167. The first-order chi connectivity index (χ1) is 2.77. The average molecular weight is 81.1 g/mol. The van der Waals surface area contributed by atoms with Gasteiger partial charge in [0.15, 0.2) is 0 Å². The Balaban J connectivity index is 3.05. The number of allylic oxidation sites excluding steroid dienone is 1. The number of hydrogen-bond donors (Lipinski definition) is 0. The van der Waals surface area contributed by atoms with Crippen molar-refractivity contribution in [3.63, 3.8) is 0 Å². The minimum atomic E-state index is -0.579. The van der Waals surface area contributed by atoms with Crippen molar-refractivity contribution < 1.29 is 4.79 Å². The second-order valence-electron chi connectivity index (χ2n) is 0.916. The molecule has 0 aliphatic carbocycles. The van der Waals surface area contributed by atoms with Crippen LogP contribution in [0.3, 0.4) is 0 Å². The van der Waals surface area contributed by atoms with E-state index < -0.39 is 5.78 Å². The van der Waals surface area contributed by atoms with Gasteiger partial charge in [-0.2, -0.15) is 0 Å². The van der Waals surface area contributed by atoms with Crippen LogP contribution in [-0.2, 0) is 4.79 Å². The minimum Gasteiger partial charge on any atom is -0.299 e. The molecule has 0 fully saturated rings. The van der Waals surface area contributed by atoms with Crippen LogP contribution in [0.15, 0.2) is 12.7 Å². The maximum atomic E-state index is 9.64. The summed E-state index contributed by atoms with van der Waals surface area (Å²) >= 11 is 0. The highest BCUT2D eigenvalue weighted by Crippen LogP contribution is 1.76. The van der Waals surface area contributed by atoms with Crippen molar-refractivity contribution in [2.45, 2.75) is 6.42 Å². The molecule has 6 heavy (non-hydrogen) atoms. The molecule has 1 heteroatoms. The molecule has 0 rings (SSSR count). The van der Waals surface area contributed by atoms with Crippen LogP contribution in [0.1, 0.15) is 6.42 Å². The van der Waals surface area contributed by atoms with E-state index in [1.165, 1.54) is 6.08 Å². The Labute approximate surface area is 37.7 Å². The van der Waals surface area contributed by atoms with E-state index in [1.807, 2.05) is 0 Å². The first-order valence-electron chi connectivity index (χ1n) is 1.62. The summed E-state index contributed by atoms with van der Waals surface area (Å²) in [5.41, 5.74) is 0. The van der Waals surface area contributed by atoms with Gasteiger partial charge in [0.1, 0.15) is 5.78 Å². The number of carbonyl (C=O) groups is 1. The van der Waals surface area contributed by atoms with E-state index in [1.54, 1.807) is 0 Å². The summed E-state index contributed by atoms with van der Waals surface area (Å²) in [5.74, 6) is -0.579. The summed E-state index contributed by atoms with van der Waals surface area (Å²) in [6.07, 6.45) is 1.58. The highest BCUT2D eigenvalue weighted by molar-refractivity contribution is 5.83. The predicted molar refractivity (Wildman–Crippen MR) is 23.1 cm³/mol. The van der Waals surface area contributed by atoms with Gasteiger partial charge in [0, 0.05) is 6.42 Å². The summed E-state index contributed by atoms with van der Waals surface area (Å²) in [4.78, 5) is 9.64. The van der Waals surface area contributed by atoms with Gasteiger partial charge >= 0.3 is 0 Å². The molecule has 0 heterocycles. The van der Waals surface area contributed by atoms with E-state index in [0.29, 0.717) is 0 Å². The first kappa shape index (κ1) is 5.41. The molecule has 0 spiro atoms. The Kier molecular flexibility index (Phi) is 2.38. The molecule has 0 N–H and O–H groups in total. The van der Waals surface area contributed by atoms with Crippen LogP contribution in [0.25, 0.3) is 0 Å². The fourth-order valence-electron chi connectivity index (χ4n) is 0.131. The Morgan fingerprint density at radius 2 is 2.50 bits per heavy atom. The zero-order chi connectivity index (χ0) is 4.99. The molecule has 0 saturated heterocycles. The fraction of sp³-hybridized carbons (Fsp3) is 0.200. The van der Waals surface area contributed by atoms with Crippen molar-refractivity contribution in [2.24, 2.45) is 0 Å². The molecule has 0 bridgehead atoms. The molecule has 0 amide bonds. The highest BCUT2D eigenvalue weighted by Gasteiger charge is 1.81. The Hall–Kier alpha value is -0.590. The van der Waals surface area contributed by atoms with Gasteiger partial charge in [-0.05, 0) is 0 Å². The van der Waals surface area contributed by atoms with Gasteiger partial charge in [0.2, 0.25) is 0 Å². The monoisotopic (exact) mass is 81.0 g/mol. The number of ketones is 1. The van der Waals surface area contributed by atoms with Gasteiger partial charge in [-0.15, -0.1) is 6.58 Å². The fourth-order valence-corrected chi connectivity index (χ4v) is 0.131. The van der Waals surface area contributed by atoms with Crippen LogP contribution in [0, 0.1) is 6.92 Å². The molecule has 0 aliphatic heterocycles. The third-order valence-electron chi connectivity index (χ3n) is 0.330. The average Bonchev–Trinajstić information content (AvgIpc) is 1.35. The quantitative estimate of drug-likeness (QED) is 0.447. The smallest absolute Gasteiger partial charge is 0.146 e. The normalized spacial score (nSPS) is 7.50. The third kappa shape index (κ3) is 3.41. The van der Waals surface area contributed by atoms with Crippen molar-refractivity contribution in [1.29, 1.82) is 0 Å². The van der Waals surface area contributed by atoms with Gasteiger partial charge in [-0.25, -0.2) is 0 Å². The SMILES string of the molecule is [C]C(=O)CC=C. The van der Waals surface area contributed by atoms with Gasteiger partial charge in [0.05, 0.1) is 6.92 Å². The molecular weight excluding hydrogens is 76.1 g/mol. The topological polar surface area (TPSA) is 17.1 Å². The van der Waals surface area contributed by atoms with Crippen molar-refractivity contribution in [1.82, 2.24) is 0 Å². The molecular formula is C5H5O. The maximum Gasteiger partial charge on any atom is 0.146 e. The third-order valence-corrected chi connectivity index (χ3v) is 0.330. The van der Waals surface area contributed by atoms with E-state index in [0.717, 1.165) is 0 Å². The van der Waals surface area contributed by atoms with Crippen LogP contribution in [0.5, 0.6) is 0 Å². The van der Waals surface area contributed by atoms with Crippen molar-refractivity contribution >= 4 is 5.78 Å². The van der Waals surface area contributed by atoms with Crippen LogP contribution in [0.4, 0.5) is 0 Å². The van der Waals surface area contributed by atoms with Gasteiger partial charge < -0.3 is 0 Å². The zero-order valence-electron chi connectivity index (χ0n) is 3.40. The predicted octanol–water partition coefficient (Wildman–Crippen LogP) is 0.720. The second-order valence-corrected chi connectivity index (χ2v) is 0.916. The van der Waals surface area contributed by atoms with Crippen LogP contribution in [-0.4, -0.2) is 5.78 Å². The summed E-state index contributed by atoms with van der Waals surface area (Å²) in [6.45, 7) is 9.53. The second kappa shape index (κ2) is 2.64. The number of Topliss-reactive ketones (excluding diaryl/α,β-unsaturated/α-hetero) is 1. The summed E-state index contributed by atoms with van der Waals surface area (Å²) in [5, 5.41) is 0. The van der Waals surface area contributed by atoms with Gasteiger partial charge in [-0.1, -0.05) is 6.08 Å². The highest BCUT2D eigenvalue weighted by atomic mass is 16.1. The van der Waals surface area contributed by atoms with Crippen molar-refractivity contribution in [3.05, 3.63) is 19.6 Å². The van der Waals surface area contributed by atoms with E-state index in [9.17, 15) is 4.79 Å². The zero-order valence-corrected chi connectivity index (χ0v) is 3.40. The van der Waals surface area contributed by atoms with Crippen molar-refractivity contribution in [3.8, 4) is 0 Å². The molecule has 31 valence electrons. The molecule has 0 aromatic carbocycles. The summed E-state index contributed by atoms with van der Waals surface area (Å²) in [6, 6.07) is 0. The summed E-state index contributed by atoms with van der Waals surface area (Å²) < 4.78 is 0. The first-order valence-corrected chi connectivity index (χ1v) is 1.62. The summed E-state index contributed by atoms with van der Waals surface area (Å²) in [7, 11) is 0. The van der Waals surface area contributed by atoms with Gasteiger partial charge in [0.25, 0.3) is 0 Å². The van der Waals surface area contributed by atoms with E-state index in [4.69, 9.17) is 6.92 Å². The Morgan fingerprint density at radius 1 is 2.00 bits per heavy atom. The lowest BCUT2D eigenvalue weighted by Crippen LogP contribution is -1.82. The molecule has 0 aromatic rings. The lowest BCUT2D eigenvalue weighted by Gasteiger charge is -1.74. The van der Waals surface area contributed by atoms with E-state index in [-0.39, 0.29) is 6.42 Å².